The van der Waals surface area contributed by atoms with Gasteiger partial charge >= 0.3 is 5.97 Å². The van der Waals surface area contributed by atoms with Gasteiger partial charge in [0, 0.05) is 10.0 Å². The van der Waals surface area contributed by atoms with Crippen molar-refractivity contribution in [2.45, 2.75) is 11.6 Å². The lowest BCUT2D eigenvalue weighted by Crippen LogP contribution is -2.52. The second-order valence-electron chi connectivity index (χ2n) is 8.69. The van der Waals surface area contributed by atoms with Crippen molar-refractivity contribution in [2.75, 3.05) is 19.1 Å². The predicted molar refractivity (Wildman–Crippen MR) is 135 cm³/mol. The summed E-state index contributed by atoms with van der Waals surface area (Å²) in [5.41, 5.74) is 0.343. The number of nitrogens with one attached hydrogen (secondary N) is 1. The van der Waals surface area contributed by atoms with Crippen LogP contribution in [0, 0.1) is 11.8 Å². The van der Waals surface area contributed by atoms with Crippen molar-refractivity contribution in [2.24, 2.45) is 11.8 Å². The minimum atomic E-state index is -1.28. The molecule has 2 saturated heterocycles. The zero-order valence-corrected chi connectivity index (χ0v) is 20.9. The molecular weight excluding hydrogens is 503 g/mol. The van der Waals surface area contributed by atoms with E-state index in [0.29, 0.717) is 32.6 Å². The van der Waals surface area contributed by atoms with Gasteiger partial charge in [-0.15, -0.1) is 0 Å². The number of esters is 1. The molecule has 9 heteroatoms. The monoisotopic (exact) mass is 524 g/mol. The smallest absolute Gasteiger partial charge is 0.323 e. The first-order valence-electron chi connectivity index (χ1n) is 11.2. The summed E-state index contributed by atoms with van der Waals surface area (Å²) in [7, 11) is 2.78. The number of rotatable bonds is 5. The van der Waals surface area contributed by atoms with Crippen molar-refractivity contribution in [3.8, 4) is 5.75 Å². The molecule has 1 N–H and O–H groups in total. The van der Waals surface area contributed by atoms with Crippen molar-refractivity contribution in [1.82, 2.24) is 5.32 Å². The molecular formula is C27H22Cl2N2O5. The van der Waals surface area contributed by atoms with Crippen LogP contribution in [0.5, 0.6) is 5.75 Å². The van der Waals surface area contributed by atoms with Crippen molar-refractivity contribution in [1.29, 1.82) is 0 Å². The molecule has 2 heterocycles. The van der Waals surface area contributed by atoms with E-state index in [2.05, 4.69) is 5.32 Å². The summed E-state index contributed by atoms with van der Waals surface area (Å²) >= 11 is 12.7. The van der Waals surface area contributed by atoms with Gasteiger partial charge in [-0.3, -0.25) is 19.7 Å². The molecule has 0 unspecified atom stereocenters. The number of halogens is 2. The molecule has 3 atom stereocenters. The van der Waals surface area contributed by atoms with Crippen LogP contribution in [-0.2, 0) is 24.7 Å². The highest BCUT2D eigenvalue weighted by Crippen LogP contribution is 2.53. The van der Waals surface area contributed by atoms with E-state index in [1.165, 1.54) is 14.2 Å². The van der Waals surface area contributed by atoms with Crippen LogP contribution in [0.25, 0.3) is 0 Å². The molecule has 0 saturated carbocycles. The maximum absolute atomic E-state index is 14.2. The number of anilines is 1. The molecule has 2 aliphatic rings. The second kappa shape index (κ2) is 9.24. The lowest BCUT2D eigenvalue weighted by molar-refractivity contribution is -0.145. The molecule has 0 radical (unpaired) electrons. The Morgan fingerprint density at radius 1 is 0.889 bits per heavy atom. The fraction of sp³-hybridized carbons (Fsp3) is 0.222. The van der Waals surface area contributed by atoms with Crippen LogP contribution in [0.4, 0.5) is 5.69 Å². The summed E-state index contributed by atoms with van der Waals surface area (Å²) in [5, 5.41) is 4.20. The molecule has 2 fully saturated rings. The van der Waals surface area contributed by atoms with E-state index in [4.69, 9.17) is 32.7 Å². The average molecular weight is 525 g/mol. The number of amides is 2. The third-order valence-electron chi connectivity index (χ3n) is 6.91. The Labute approximate surface area is 217 Å². The van der Waals surface area contributed by atoms with E-state index in [9.17, 15) is 14.4 Å². The van der Waals surface area contributed by atoms with Gasteiger partial charge in [-0.1, -0.05) is 47.5 Å². The number of carbonyl (C=O) groups excluding carboxylic acids is 3. The van der Waals surface area contributed by atoms with E-state index >= 15 is 0 Å². The number of hydrogen-bond donors (Lipinski definition) is 1. The summed E-state index contributed by atoms with van der Waals surface area (Å²) in [5.74, 6) is -3.01. The normalized spacial score (nSPS) is 22.4. The Kier molecular flexibility index (Phi) is 6.24. The molecule has 2 aliphatic heterocycles. The highest BCUT2D eigenvalue weighted by atomic mass is 35.5. The fourth-order valence-electron chi connectivity index (χ4n) is 5.39. The first-order chi connectivity index (χ1) is 17.3. The molecule has 7 nitrogen and oxygen atoms in total. The van der Waals surface area contributed by atoms with Gasteiger partial charge in [-0.2, -0.15) is 0 Å². The maximum atomic E-state index is 14.2. The predicted octanol–water partition coefficient (Wildman–Crippen LogP) is 4.20. The van der Waals surface area contributed by atoms with E-state index in [0.717, 1.165) is 4.90 Å². The molecule has 184 valence electrons. The molecule has 3 aromatic rings. The summed E-state index contributed by atoms with van der Waals surface area (Å²) in [4.78, 5) is 42.1. The fourth-order valence-corrected chi connectivity index (χ4v) is 5.77. The number of imide groups is 1. The van der Waals surface area contributed by atoms with Gasteiger partial charge in [0.2, 0.25) is 11.8 Å². The van der Waals surface area contributed by atoms with Gasteiger partial charge < -0.3 is 9.47 Å². The highest BCUT2D eigenvalue weighted by Gasteiger charge is 2.68. The number of hydrogen-bond acceptors (Lipinski definition) is 6. The molecule has 3 aromatic carbocycles. The Morgan fingerprint density at radius 3 is 1.97 bits per heavy atom. The van der Waals surface area contributed by atoms with Crippen LogP contribution in [0.1, 0.15) is 11.1 Å². The number of carbonyl (C=O) groups is 3. The largest absolute Gasteiger partial charge is 0.497 e. The summed E-state index contributed by atoms with van der Waals surface area (Å²) in [6.07, 6.45) is 0. The summed E-state index contributed by atoms with van der Waals surface area (Å²) in [6.45, 7) is 0. The topological polar surface area (TPSA) is 84.9 Å². The van der Waals surface area contributed by atoms with Crippen LogP contribution >= 0.6 is 23.2 Å². The number of ether oxygens (including phenoxy) is 2. The van der Waals surface area contributed by atoms with Crippen molar-refractivity contribution in [3.63, 3.8) is 0 Å². The first kappa shape index (κ1) is 24.3. The summed E-state index contributed by atoms with van der Waals surface area (Å²) in [6, 6.07) is 19.5. The first-order valence-corrected chi connectivity index (χ1v) is 12.0. The molecule has 0 bridgehead atoms. The zero-order valence-electron chi connectivity index (χ0n) is 19.4. The third-order valence-corrected chi connectivity index (χ3v) is 7.38. The van der Waals surface area contributed by atoms with Crippen LogP contribution < -0.4 is 15.0 Å². The molecule has 2 amide bonds. The Bertz CT molecular complexity index is 1310. The molecule has 0 aliphatic carbocycles. The number of methoxy groups -OCH3 is 2. The molecule has 36 heavy (non-hydrogen) atoms. The van der Waals surface area contributed by atoms with E-state index < -0.39 is 41.2 Å². The summed E-state index contributed by atoms with van der Waals surface area (Å²) < 4.78 is 10.3. The quantitative estimate of drug-likeness (QED) is 0.397. The standard InChI is InChI=1S/C27H22Cl2N2O5/c1-35-20-11-9-19(10-12-20)31-24(32)21-22(25(31)33)27(30-23(21)26(34)36-2,15-5-3-7-17(28)13-15)16-6-4-8-18(29)14-16/h3-14,21-23,30H,1-2H3/t21-,22+,23-/m1/s1. The minimum absolute atomic E-state index is 0.384. The zero-order chi connectivity index (χ0) is 25.6. The van der Waals surface area contributed by atoms with Crippen LogP contribution in [0.3, 0.4) is 0 Å². The van der Waals surface area contributed by atoms with Gasteiger partial charge in [0.05, 0.1) is 37.3 Å². The van der Waals surface area contributed by atoms with Gasteiger partial charge in [-0.25, -0.2) is 4.90 Å². The second-order valence-corrected chi connectivity index (χ2v) is 9.56. The van der Waals surface area contributed by atoms with Gasteiger partial charge in [-0.05, 0) is 59.7 Å². The lowest BCUT2D eigenvalue weighted by Gasteiger charge is -2.36. The van der Waals surface area contributed by atoms with Gasteiger partial charge in [0.1, 0.15) is 11.8 Å². The number of nitrogens with zero attached hydrogens (tertiary/aromatic N) is 1. The highest BCUT2D eigenvalue weighted by molar-refractivity contribution is 6.31. The Morgan fingerprint density at radius 2 is 1.47 bits per heavy atom. The maximum Gasteiger partial charge on any atom is 0.323 e. The Hall–Kier alpha value is -3.39. The van der Waals surface area contributed by atoms with Gasteiger partial charge in [0.25, 0.3) is 0 Å². The van der Waals surface area contributed by atoms with Crippen molar-refractivity contribution >= 4 is 46.7 Å². The lowest BCUT2D eigenvalue weighted by atomic mass is 9.71. The van der Waals surface area contributed by atoms with Crippen molar-refractivity contribution < 1.29 is 23.9 Å². The minimum Gasteiger partial charge on any atom is -0.497 e. The van der Waals surface area contributed by atoms with Crippen LogP contribution in [0.15, 0.2) is 72.8 Å². The van der Waals surface area contributed by atoms with Crippen molar-refractivity contribution in [3.05, 3.63) is 94.0 Å². The van der Waals surface area contributed by atoms with Crippen LogP contribution in [-0.4, -0.2) is 38.0 Å². The number of benzene rings is 3. The molecule has 0 spiro atoms. The number of fused-ring (bicyclic) bond motifs is 1. The van der Waals surface area contributed by atoms with Gasteiger partial charge in [0.15, 0.2) is 0 Å². The van der Waals surface area contributed by atoms with E-state index in [-0.39, 0.29) is 0 Å². The van der Waals surface area contributed by atoms with E-state index in [1.807, 2.05) is 12.1 Å². The average Bonchev–Trinajstić information content (AvgIpc) is 3.38. The molecule has 5 rings (SSSR count). The van der Waals surface area contributed by atoms with Crippen LogP contribution in [0.2, 0.25) is 10.0 Å². The molecule has 0 aromatic heterocycles. The van der Waals surface area contributed by atoms with E-state index in [1.54, 1.807) is 60.7 Å². The third kappa shape index (κ3) is 3.66. The Balaban J connectivity index is 1.75. The SMILES string of the molecule is COC(=O)[C@@H]1NC(c2cccc(Cl)c2)(c2cccc(Cl)c2)[C@@H]2C(=O)N(c3ccc(OC)cc3)C(=O)[C@H]21.